The van der Waals surface area contributed by atoms with Gasteiger partial charge in [-0.3, -0.25) is 4.79 Å². The monoisotopic (exact) mass is 300 g/mol. The van der Waals surface area contributed by atoms with E-state index in [-0.39, 0.29) is 5.41 Å². The zero-order chi connectivity index (χ0) is 15.4. The predicted molar refractivity (Wildman–Crippen MR) is 89.8 cm³/mol. The van der Waals surface area contributed by atoms with Gasteiger partial charge in [-0.2, -0.15) is 0 Å². The summed E-state index contributed by atoms with van der Waals surface area (Å²) in [4.78, 5) is 14.7. The third kappa shape index (κ3) is 3.52. The van der Waals surface area contributed by atoms with Gasteiger partial charge >= 0.3 is 0 Å². The first kappa shape index (κ1) is 15.5. The van der Waals surface area contributed by atoms with Crippen molar-refractivity contribution in [1.29, 1.82) is 0 Å². The molecule has 2 saturated heterocycles. The van der Waals surface area contributed by atoms with Crippen molar-refractivity contribution in [2.24, 2.45) is 5.92 Å². The van der Waals surface area contributed by atoms with Crippen molar-refractivity contribution in [1.82, 2.24) is 10.2 Å². The van der Waals surface area contributed by atoms with Crippen LogP contribution in [0.5, 0.6) is 0 Å². The lowest BCUT2D eigenvalue weighted by atomic mass is 9.76. The summed E-state index contributed by atoms with van der Waals surface area (Å²) < 4.78 is 0. The number of nitrogens with zero attached hydrogens (tertiary/aromatic N) is 1. The Balaban J connectivity index is 1.58. The Morgan fingerprint density at radius 3 is 2.91 bits per heavy atom. The van der Waals surface area contributed by atoms with Gasteiger partial charge < -0.3 is 10.2 Å². The first-order valence-electron chi connectivity index (χ1n) is 8.71. The summed E-state index contributed by atoms with van der Waals surface area (Å²) in [7, 11) is 0. The van der Waals surface area contributed by atoms with Crippen molar-refractivity contribution in [2.75, 3.05) is 26.2 Å². The SMILES string of the molecule is CC1(c2ccccc2)CCCN(C(=O)CCC2CCNC2)C1. The van der Waals surface area contributed by atoms with Crippen LogP contribution in [-0.2, 0) is 10.2 Å². The number of nitrogens with one attached hydrogen (secondary N) is 1. The Kier molecular flexibility index (Phi) is 4.82. The Morgan fingerprint density at radius 1 is 1.36 bits per heavy atom. The van der Waals surface area contributed by atoms with Crippen molar-refractivity contribution in [3.63, 3.8) is 0 Å². The third-order valence-electron chi connectivity index (χ3n) is 5.45. The van der Waals surface area contributed by atoms with Gasteiger partial charge in [0.1, 0.15) is 0 Å². The minimum Gasteiger partial charge on any atom is -0.342 e. The molecule has 2 aliphatic heterocycles. The molecule has 0 aromatic heterocycles. The molecule has 1 aromatic carbocycles. The molecule has 120 valence electrons. The fourth-order valence-corrected chi connectivity index (χ4v) is 3.98. The van der Waals surface area contributed by atoms with Crippen LogP contribution in [-0.4, -0.2) is 37.0 Å². The number of amides is 1. The first-order chi connectivity index (χ1) is 10.7. The van der Waals surface area contributed by atoms with Gasteiger partial charge in [-0.05, 0) is 50.3 Å². The molecule has 0 bridgehead atoms. The number of hydrogen-bond acceptors (Lipinski definition) is 2. The van der Waals surface area contributed by atoms with E-state index in [1.54, 1.807) is 0 Å². The fraction of sp³-hybridized carbons (Fsp3) is 0.632. The van der Waals surface area contributed by atoms with E-state index >= 15 is 0 Å². The number of benzene rings is 1. The Morgan fingerprint density at radius 2 is 2.18 bits per heavy atom. The average molecular weight is 300 g/mol. The van der Waals surface area contributed by atoms with E-state index in [4.69, 9.17) is 0 Å². The van der Waals surface area contributed by atoms with Crippen molar-refractivity contribution < 1.29 is 4.79 Å². The van der Waals surface area contributed by atoms with Gasteiger partial charge in [-0.15, -0.1) is 0 Å². The molecule has 0 radical (unpaired) electrons. The van der Waals surface area contributed by atoms with Crippen molar-refractivity contribution in [3.8, 4) is 0 Å². The highest BCUT2D eigenvalue weighted by atomic mass is 16.2. The molecule has 1 N–H and O–H groups in total. The second kappa shape index (κ2) is 6.82. The molecule has 2 unspecified atom stereocenters. The van der Waals surface area contributed by atoms with Gasteiger partial charge in [0, 0.05) is 24.9 Å². The molecule has 3 heteroatoms. The number of piperidine rings is 1. The fourth-order valence-electron chi connectivity index (χ4n) is 3.98. The summed E-state index contributed by atoms with van der Waals surface area (Å²) >= 11 is 0. The van der Waals surface area contributed by atoms with Gasteiger partial charge in [0.25, 0.3) is 0 Å². The highest BCUT2D eigenvalue weighted by molar-refractivity contribution is 5.76. The maximum atomic E-state index is 12.6. The van der Waals surface area contributed by atoms with E-state index in [0.29, 0.717) is 11.8 Å². The largest absolute Gasteiger partial charge is 0.342 e. The van der Waals surface area contributed by atoms with Crippen molar-refractivity contribution >= 4 is 5.91 Å². The number of hydrogen-bond donors (Lipinski definition) is 1. The topological polar surface area (TPSA) is 32.3 Å². The van der Waals surface area contributed by atoms with Crippen LogP contribution in [0.2, 0.25) is 0 Å². The molecule has 1 aromatic rings. The van der Waals surface area contributed by atoms with Crippen molar-refractivity contribution in [2.45, 2.75) is 44.4 Å². The summed E-state index contributed by atoms with van der Waals surface area (Å²) in [6.45, 7) is 6.33. The van der Waals surface area contributed by atoms with Gasteiger partial charge in [-0.1, -0.05) is 37.3 Å². The molecule has 0 saturated carbocycles. The van der Waals surface area contributed by atoms with Crippen LogP contribution in [0.1, 0.15) is 44.6 Å². The van der Waals surface area contributed by atoms with Crippen LogP contribution in [0, 0.1) is 5.92 Å². The molecule has 2 fully saturated rings. The summed E-state index contributed by atoms with van der Waals surface area (Å²) in [6.07, 6.45) is 5.28. The minimum atomic E-state index is 0.115. The van der Waals surface area contributed by atoms with Crippen LogP contribution < -0.4 is 5.32 Å². The summed E-state index contributed by atoms with van der Waals surface area (Å²) in [6, 6.07) is 10.7. The Labute approximate surface area is 134 Å². The smallest absolute Gasteiger partial charge is 0.222 e. The van der Waals surface area contributed by atoms with Crippen LogP contribution in [0.25, 0.3) is 0 Å². The van der Waals surface area contributed by atoms with Gasteiger partial charge in [0.2, 0.25) is 5.91 Å². The molecule has 0 aliphatic carbocycles. The number of rotatable bonds is 4. The summed E-state index contributed by atoms with van der Waals surface area (Å²) in [5.74, 6) is 1.06. The Bertz CT molecular complexity index is 495. The second-order valence-electron chi connectivity index (χ2n) is 7.24. The van der Waals surface area contributed by atoms with E-state index in [2.05, 4.69) is 47.5 Å². The van der Waals surface area contributed by atoms with Gasteiger partial charge in [0.15, 0.2) is 0 Å². The van der Waals surface area contributed by atoms with Crippen molar-refractivity contribution in [3.05, 3.63) is 35.9 Å². The normalized spacial score (nSPS) is 28.8. The number of carbonyl (C=O) groups is 1. The van der Waals surface area contributed by atoms with E-state index < -0.39 is 0 Å². The first-order valence-corrected chi connectivity index (χ1v) is 8.71. The van der Waals surface area contributed by atoms with Gasteiger partial charge in [-0.25, -0.2) is 0 Å². The number of carbonyl (C=O) groups excluding carboxylic acids is 1. The van der Waals surface area contributed by atoms with Crippen LogP contribution in [0.15, 0.2) is 30.3 Å². The quantitative estimate of drug-likeness (QED) is 0.927. The number of likely N-dealkylation sites (tertiary alicyclic amines) is 1. The van der Waals surface area contributed by atoms with E-state index in [1.807, 2.05) is 0 Å². The standard InChI is InChI=1S/C19H28N2O/c1-19(17-6-3-2-4-7-17)11-5-13-21(15-19)18(22)9-8-16-10-12-20-14-16/h2-4,6-7,16,20H,5,8-15H2,1H3. The third-order valence-corrected chi connectivity index (χ3v) is 5.45. The van der Waals surface area contributed by atoms with E-state index in [1.165, 1.54) is 18.4 Å². The summed E-state index contributed by atoms with van der Waals surface area (Å²) in [5.41, 5.74) is 1.48. The predicted octanol–water partition coefficient (Wildman–Crippen LogP) is 2.96. The highest BCUT2D eigenvalue weighted by Gasteiger charge is 2.34. The zero-order valence-corrected chi connectivity index (χ0v) is 13.7. The lowest BCUT2D eigenvalue weighted by Crippen LogP contribution is -2.47. The molecule has 22 heavy (non-hydrogen) atoms. The second-order valence-corrected chi connectivity index (χ2v) is 7.24. The maximum Gasteiger partial charge on any atom is 0.222 e. The van der Waals surface area contributed by atoms with E-state index in [0.717, 1.165) is 45.4 Å². The molecular formula is C19H28N2O. The molecule has 2 heterocycles. The van der Waals surface area contributed by atoms with Crippen LogP contribution >= 0.6 is 0 Å². The maximum absolute atomic E-state index is 12.6. The molecular weight excluding hydrogens is 272 g/mol. The lowest BCUT2D eigenvalue weighted by molar-refractivity contribution is -0.133. The molecule has 2 atom stereocenters. The van der Waals surface area contributed by atoms with E-state index in [9.17, 15) is 4.79 Å². The lowest BCUT2D eigenvalue weighted by Gasteiger charge is -2.41. The minimum absolute atomic E-state index is 0.115. The molecule has 0 spiro atoms. The molecule has 1 amide bonds. The van der Waals surface area contributed by atoms with Gasteiger partial charge in [0.05, 0.1) is 0 Å². The average Bonchev–Trinajstić information content (AvgIpc) is 3.07. The zero-order valence-electron chi connectivity index (χ0n) is 13.7. The van der Waals surface area contributed by atoms with Crippen LogP contribution in [0.3, 0.4) is 0 Å². The van der Waals surface area contributed by atoms with Crippen LogP contribution in [0.4, 0.5) is 0 Å². The molecule has 3 nitrogen and oxygen atoms in total. The molecule has 3 rings (SSSR count). The molecule has 2 aliphatic rings. The Hall–Kier alpha value is -1.35. The summed E-state index contributed by atoms with van der Waals surface area (Å²) in [5, 5.41) is 3.39. The highest BCUT2D eigenvalue weighted by Crippen LogP contribution is 2.34.